The molecule has 0 atom stereocenters. The number of ether oxygens (including phenoxy) is 1. The standard InChI is InChI=1S/C13H14FNO2/c1-16-13-6-2-5-12(14)11(13)9-15-8-10-4-3-7-17-10/h2-7,15H,8-9H2,1H3. The van der Waals surface area contributed by atoms with Gasteiger partial charge in [0.15, 0.2) is 0 Å². The zero-order valence-corrected chi connectivity index (χ0v) is 9.57. The fraction of sp³-hybridized carbons (Fsp3) is 0.231. The van der Waals surface area contributed by atoms with Gasteiger partial charge in [-0.3, -0.25) is 0 Å². The van der Waals surface area contributed by atoms with Crippen molar-refractivity contribution < 1.29 is 13.5 Å². The summed E-state index contributed by atoms with van der Waals surface area (Å²) in [5, 5.41) is 3.11. The maximum Gasteiger partial charge on any atom is 0.131 e. The van der Waals surface area contributed by atoms with Crippen LogP contribution in [0, 0.1) is 5.82 Å². The molecule has 0 radical (unpaired) electrons. The minimum atomic E-state index is -0.267. The lowest BCUT2D eigenvalue weighted by atomic mass is 10.2. The van der Waals surface area contributed by atoms with Crippen molar-refractivity contribution in [2.75, 3.05) is 7.11 Å². The average Bonchev–Trinajstić information content (AvgIpc) is 2.84. The van der Waals surface area contributed by atoms with Crippen LogP contribution in [-0.2, 0) is 13.1 Å². The van der Waals surface area contributed by atoms with Crippen LogP contribution in [0.15, 0.2) is 41.0 Å². The van der Waals surface area contributed by atoms with Crippen LogP contribution in [0.2, 0.25) is 0 Å². The van der Waals surface area contributed by atoms with Crippen molar-refractivity contribution >= 4 is 0 Å². The Morgan fingerprint density at radius 3 is 2.82 bits per heavy atom. The highest BCUT2D eigenvalue weighted by molar-refractivity contribution is 5.34. The fourth-order valence-electron chi connectivity index (χ4n) is 1.63. The zero-order valence-electron chi connectivity index (χ0n) is 9.57. The molecule has 1 heterocycles. The number of methoxy groups -OCH3 is 1. The molecular weight excluding hydrogens is 221 g/mol. The van der Waals surface area contributed by atoms with Crippen LogP contribution in [0.1, 0.15) is 11.3 Å². The summed E-state index contributed by atoms with van der Waals surface area (Å²) in [6.07, 6.45) is 1.61. The highest BCUT2D eigenvalue weighted by Gasteiger charge is 2.08. The minimum absolute atomic E-state index is 0.267. The normalized spacial score (nSPS) is 10.5. The van der Waals surface area contributed by atoms with Crippen molar-refractivity contribution in [3.63, 3.8) is 0 Å². The lowest BCUT2D eigenvalue weighted by Crippen LogP contribution is -2.14. The monoisotopic (exact) mass is 235 g/mol. The van der Waals surface area contributed by atoms with E-state index in [9.17, 15) is 4.39 Å². The van der Waals surface area contributed by atoms with Crippen molar-refractivity contribution in [3.05, 3.63) is 53.7 Å². The maximum atomic E-state index is 13.6. The molecule has 0 amide bonds. The molecule has 0 saturated carbocycles. The molecule has 2 rings (SSSR count). The van der Waals surface area contributed by atoms with Gasteiger partial charge >= 0.3 is 0 Å². The van der Waals surface area contributed by atoms with E-state index in [-0.39, 0.29) is 5.82 Å². The molecule has 0 fully saturated rings. The van der Waals surface area contributed by atoms with Gasteiger partial charge in [-0.1, -0.05) is 6.07 Å². The quantitative estimate of drug-likeness (QED) is 0.865. The predicted molar refractivity (Wildman–Crippen MR) is 62.2 cm³/mol. The molecule has 0 aliphatic carbocycles. The molecular formula is C13H14FNO2. The molecule has 17 heavy (non-hydrogen) atoms. The number of halogens is 1. The lowest BCUT2D eigenvalue weighted by molar-refractivity contribution is 0.400. The van der Waals surface area contributed by atoms with Crippen molar-refractivity contribution in [2.45, 2.75) is 13.1 Å². The Morgan fingerprint density at radius 1 is 1.24 bits per heavy atom. The lowest BCUT2D eigenvalue weighted by Gasteiger charge is -2.09. The largest absolute Gasteiger partial charge is 0.496 e. The van der Waals surface area contributed by atoms with Gasteiger partial charge in [0.25, 0.3) is 0 Å². The molecule has 0 unspecified atom stereocenters. The highest BCUT2D eigenvalue weighted by atomic mass is 19.1. The van der Waals surface area contributed by atoms with Gasteiger partial charge < -0.3 is 14.5 Å². The molecule has 90 valence electrons. The number of benzene rings is 1. The first-order chi connectivity index (χ1) is 8.31. The summed E-state index contributed by atoms with van der Waals surface area (Å²) in [4.78, 5) is 0. The molecule has 3 nitrogen and oxygen atoms in total. The van der Waals surface area contributed by atoms with Gasteiger partial charge in [0.05, 0.1) is 19.9 Å². The molecule has 0 saturated heterocycles. The van der Waals surface area contributed by atoms with E-state index in [1.165, 1.54) is 13.2 Å². The molecule has 1 N–H and O–H groups in total. The summed E-state index contributed by atoms with van der Waals surface area (Å²) in [5.74, 6) is 1.11. The Kier molecular flexibility index (Phi) is 3.77. The Hall–Kier alpha value is -1.81. The SMILES string of the molecule is COc1cccc(F)c1CNCc1ccco1. The van der Waals surface area contributed by atoms with E-state index >= 15 is 0 Å². The van der Waals surface area contributed by atoms with Gasteiger partial charge in [0.2, 0.25) is 0 Å². The highest BCUT2D eigenvalue weighted by Crippen LogP contribution is 2.20. The van der Waals surface area contributed by atoms with E-state index in [4.69, 9.17) is 9.15 Å². The van der Waals surface area contributed by atoms with Gasteiger partial charge in [0, 0.05) is 12.1 Å². The number of hydrogen-bond acceptors (Lipinski definition) is 3. The molecule has 0 bridgehead atoms. The Balaban J connectivity index is 1.98. The van der Waals surface area contributed by atoms with Gasteiger partial charge in [-0.15, -0.1) is 0 Å². The Labute approximate surface area is 99.2 Å². The number of rotatable bonds is 5. The van der Waals surface area contributed by atoms with Crippen molar-refractivity contribution in [3.8, 4) is 5.75 Å². The molecule has 1 aromatic carbocycles. The smallest absolute Gasteiger partial charge is 0.131 e. The van der Waals surface area contributed by atoms with Crippen molar-refractivity contribution in [1.29, 1.82) is 0 Å². The summed E-state index contributed by atoms with van der Waals surface area (Å²) >= 11 is 0. The van der Waals surface area contributed by atoms with E-state index < -0.39 is 0 Å². The van der Waals surface area contributed by atoms with E-state index in [1.807, 2.05) is 12.1 Å². The number of nitrogens with one attached hydrogen (secondary N) is 1. The Bertz CT molecular complexity index is 468. The van der Waals surface area contributed by atoms with Crippen molar-refractivity contribution in [1.82, 2.24) is 5.32 Å². The van der Waals surface area contributed by atoms with Crippen LogP contribution in [0.25, 0.3) is 0 Å². The summed E-state index contributed by atoms with van der Waals surface area (Å²) < 4.78 is 23.8. The molecule has 1 aromatic heterocycles. The topological polar surface area (TPSA) is 34.4 Å². The van der Waals surface area contributed by atoms with E-state index in [2.05, 4.69) is 5.32 Å². The third-order valence-corrected chi connectivity index (χ3v) is 2.48. The van der Waals surface area contributed by atoms with Crippen LogP contribution >= 0.6 is 0 Å². The first kappa shape index (κ1) is 11.7. The second-order valence-electron chi connectivity index (χ2n) is 3.60. The minimum Gasteiger partial charge on any atom is -0.496 e. The molecule has 4 heteroatoms. The zero-order chi connectivity index (χ0) is 12.1. The first-order valence-electron chi connectivity index (χ1n) is 5.35. The average molecular weight is 235 g/mol. The second kappa shape index (κ2) is 5.50. The van der Waals surface area contributed by atoms with E-state index in [1.54, 1.807) is 18.4 Å². The van der Waals surface area contributed by atoms with Gasteiger partial charge in [-0.2, -0.15) is 0 Å². The molecule has 0 aliphatic heterocycles. The van der Waals surface area contributed by atoms with Crippen LogP contribution in [0.3, 0.4) is 0 Å². The summed E-state index contributed by atoms with van der Waals surface area (Å²) in [5.41, 5.74) is 0.529. The number of hydrogen-bond donors (Lipinski definition) is 1. The summed E-state index contributed by atoms with van der Waals surface area (Å²) in [7, 11) is 1.53. The summed E-state index contributed by atoms with van der Waals surface area (Å²) in [6, 6.07) is 8.48. The predicted octanol–water partition coefficient (Wildman–Crippen LogP) is 2.72. The van der Waals surface area contributed by atoms with Gasteiger partial charge in [-0.25, -0.2) is 4.39 Å². The van der Waals surface area contributed by atoms with Gasteiger partial charge in [0.1, 0.15) is 17.3 Å². The van der Waals surface area contributed by atoms with Crippen LogP contribution in [0.5, 0.6) is 5.75 Å². The third-order valence-electron chi connectivity index (χ3n) is 2.48. The van der Waals surface area contributed by atoms with Crippen LogP contribution in [0.4, 0.5) is 4.39 Å². The van der Waals surface area contributed by atoms with Crippen LogP contribution in [-0.4, -0.2) is 7.11 Å². The summed E-state index contributed by atoms with van der Waals surface area (Å²) in [6.45, 7) is 0.959. The molecule has 0 aliphatic rings. The second-order valence-corrected chi connectivity index (χ2v) is 3.60. The molecule has 2 aromatic rings. The van der Waals surface area contributed by atoms with E-state index in [0.29, 0.717) is 24.4 Å². The third kappa shape index (κ3) is 2.85. The first-order valence-corrected chi connectivity index (χ1v) is 5.35. The number of furan rings is 1. The van der Waals surface area contributed by atoms with Gasteiger partial charge in [-0.05, 0) is 24.3 Å². The molecule has 0 spiro atoms. The van der Waals surface area contributed by atoms with E-state index in [0.717, 1.165) is 5.76 Å². The van der Waals surface area contributed by atoms with Crippen LogP contribution < -0.4 is 10.1 Å². The fourth-order valence-corrected chi connectivity index (χ4v) is 1.63. The van der Waals surface area contributed by atoms with Crippen molar-refractivity contribution in [2.24, 2.45) is 0 Å². The maximum absolute atomic E-state index is 13.6. The Morgan fingerprint density at radius 2 is 2.12 bits per heavy atom.